The number of benzene rings is 2. The van der Waals surface area contributed by atoms with Gasteiger partial charge in [0.05, 0.1) is 15.7 Å². The molecular formula is C26H26Cl3N3O3. The smallest absolute Gasteiger partial charge is 0.291 e. The summed E-state index contributed by atoms with van der Waals surface area (Å²) in [4.78, 5) is 29.3. The normalized spacial score (nSPS) is 14.2. The van der Waals surface area contributed by atoms with Crippen LogP contribution in [0.2, 0.25) is 15.1 Å². The van der Waals surface area contributed by atoms with Gasteiger partial charge >= 0.3 is 0 Å². The van der Waals surface area contributed by atoms with Crippen LogP contribution in [0.3, 0.4) is 0 Å². The molecule has 0 bridgehead atoms. The van der Waals surface area contributed by atoms with E-state index in [0.29, 0.717) is 58.3 Å². The van der Waals surface area contributed by atoms with E-state index >= 15 is 0 Å². The average Bonchev–Trinajstić information content (AvgIpc) is 3.30. The summed E-state index contributed by atoms with van der Waals surface area (Å²) in [5, 5.41) is 4.32. The molecule has 0 unspecified atom stereocenters. The monoisotopic (exact) mass is 533 g/mol. The molecular weight excluding hydrogens is 509 g/mol. The third-order valence-electron chi connectivity index (χ3n) is 5.78. The van der Waals surface area contributed by atoms with Crippen molar-refractivity contribution in [3.63, 3.8) is 0 Å². The summed E-state index contributed by atoms with van der Waals surface area (Å²) in [6.45, 7) is 8.46. The molecule has 6 nitrogen and oxygen atoms in total. The van der Waals surface area contributed by atoms with Crippen molar-refractivity contribution >= 4 is 58.0 Å². The lowest BCUT2D eigenvalue weighted by atomic mass is 9.94. The Morgan fingerprint density at radius 3 is 2.26 bits per heavy atom. The zero-order valence-corrected chi connectivity index (χ0v) is 22.0. The van der Waals surface area contributed by atoms with E-state index in [2.05, 4.69) is 10.2 Å². The maximum Gasteiger partial charge on any atom is 0.291 e. The van der Waals surface area contributed by atoms with E-state index < -0.39 is 11.3 Å². The van der Waals surface area contributed by atoms with Gasteiger partial charge in [0.1, 0.15) is 5.76 Å². The molecule has 4 rings (SSSR count). The SMILES string of the molecule is CC(C)(C)C(=O)N1CCN(c2ccc(NC(=O)c3ccc(-c4cc(Cl)ccc4Cl)o3)cc2Cl)CC1. The highest BCUT2D eigenvalue weighted by Crippen LogP contribution is 2.33. The number of nitrogens with zero attached hydrogens (tertiary/aromatic N) is 2. The Bertz CT molecular complexity index is 1260. The minimum absolute atomic E-state index is 0.135. The predicted octanol–water partition coefficient (Wildman–Crippen LogP) is 6.85. The maximum absolute atomic E-state index is 12.7. The van der Waals surface area contributed by atoms with Crippen LogP contribution in [0, 0.1) is 5.41 Å². The Kier molecular flexibility index (Phi) is 7.36. The molecule has 2 aromatic carbocycles. The van der Waals surface area contributed by atoms with Crippen molar-refractivity contribution in [2.45, 2.75) is 20.8 Å². The lowest BCUT2D eigenvalue weighted by Crippen LogP contribution is -2.51. The molecule has 9 heteroatoms. The van der Waals surface area contributed by atoms with Crippen LogP contribution in [0.25, 0.3) is 11.3 Å². The molecule has 2 heterocycles. The second-order valence-corrected chi connectivity index (χ2v) is 10.7. The van der Waals surface area contributed by atoms with E-state index in [1.54, 1.807) is 42.5 Å². The summed E-state index contributed by atoms with van der Waals surface area (Å²) in [5.74, 6) is 0.323. The van der Waals surface area contributed by atoms with Crippen LogP contribution in [-0.4, -0.2) is 42.9 Å². The van der Waals surface area contributed by atoms with E-state index in [0.717, 1.165) is 5.69 Å². The highest BCUT2D eigenvalue weighted by molar-refractivity contribution is 6.35. The molecule has 1 saturated heterocycles. The van der Waals surface area contributed by atoms with Crippen molar-refractivity contribution in [3.05, 3.63) is 69.4 Å². The fourth-order valence-electron chi connectivity index (χ4n) is 3.95. The van der Waals surface area contributed by atoms with Crippen molar-refractivity contribution < 1.29 is 14.0 Å². The van der Waals surface area contributed by atoms with Gasteiger partial charge < -0.3 is 19.5 Å². The van der Waals surface area contributed by atoms with Crippen LogP contribution in [0.4, 0.5) is 11.4 Å². The predicted molar refractivity (Wildman–Crippen MR) is 142 cm³/mol. The quantitative estimate of drug-likeness (QED) is 0.397. The number of hydrogen-bond donors (Lipinski definition) is 1. The summed E-state index contributed by atoms with van der Waals surface area (Å²) in [5.41, 5.74) is 1.62. The van der Waals surface area contributed by atoms with Gasteiger partial charge in [-0.25, -0.2) is 0 Å². The number of halogens is 3. The first kappa shape index (κ1) is 25.4. The molecule has 1 aliphatic heterocycles. The van der Waals surface area contributed by atoms with Gasteiger partial charge in [-0.3, -0.25) is 9.59 Å². The first-order chi connectivity index (χ1) is 16.5. The lowest BCUT2D eigenvalue weighted by molar-refractivity contribution is -0.139. The second kappa shape index (κ2) is 10.1. The van der Waals surface area contributed by atoms with E-state index in [1.807, 2.05) is 31.7 Å². The van der Waals surface area contributed by atoms with Gasteiger partial charge in [0, 0.05) is 47.9 Å². The average molecular weight is 535 g/mol. The van der Waals surface area contributed by atoms with Crippen LogP contribution in [0.15, 0.2) is 52.9 Å². The van der Waals surface area contributed by atoms with Crippen LogP contribution in [-0.2, 0) is 4.79 Å². The largest absolute Gasteiger partial charge is 0.451 e. The minimum atomic E-state index is -0.410. The number of furan rings is 1. The molecule has 1 aliphatic rings. The maximum atomic E-state index is 12.7. The van der Waals surface area contributed by atoms with Gasteiger partial charge in [-0.05, 0) is 48.5 Å². The molecule has 3 aromatic rings. The first-order valence-corrected chi connectivity index (χ1v) is 12.4. The summed E-state index contributed by atoms with van der Waals surface area (Å²) in [6, 6.07) is 13.7. The van der Waals surface area contributed by atoms with E-state index in [9.17, 15) is 9.59 Å². The van der Waals surface area contributed by atoms with Crippen molar-refractivity contribution in [3.8, 4) is 11.3 Å². The highest BCUT2D eigenvalue weighted by atomic mass is 35.5. The van der Waals surface area contributed by atoms with Gasteiger partial charge in [-0.15, -0.1) is 0 Å². The van der Waals surface area contributed by atoms with Crippen molar-refractivity contribution in [2.75, 3.05) is 36.4 Å². The fourth-order valence-corrected chi connectivity index (χ4v) is 4.63. The second-order valence-electron chi connectivity index (χ2n) is 9.44. The number of rotatable bonds is 4. The summed E-state index contributed by atoms with van der Waals surface area (Å²) < 4.78 is 5.71. The number of piperazine rings is 1. The number of carbonyl (C=O) groups excluding carboxylic acids is 2. The molecule has 1 N–H and O–H groups in total. The van der Waals surface area contributed by atoms with Crippen molar-refractivity contribution in [2.24, 2.45) is 5.41 Å². The molecule has 184 valence electrons. The molecule has 2 amide bonds. The number of hydrogen-bond acceptors (Lipinski definition) is 4. The van der Waals surface area contributed by atoms with Crippen LogP contribution >= 0.6 is 34.8 Å². The topological polar surface area (TPSA) is 65.8 Å². The molecule has 1 fully saturated rings. The first-order valence-electron chi connectivity index (χ1n) is 11.2. The van der Waals surface area contributed by atoms with Crippen LogP contribution < -0.4 is 10.2 Å². The minimum Gasteiger partial charge on any atom is -0.451 e. The lowest BCUT2D eigenvalue weighted by Gasteiger charge is -2.39. The van der Waals surface area contributed by atoms with E-state index in [1.165, 1.54) is 0 Å². The number of carbonyl (C=O) groups is 2. The Morgan fingerprint density at radius 2 is 1.60 bits per heavy atom. The molecule has 35 heavy (non-hydrogen) atoms. The standard InChI is InChI=1S/C26H26Cl3N3O3/c1-26(2,3)25(34)32-12-10-31(11-13-32)21-7-5-17(15-20(21)29)30-24(33)23-9-8-22(35-23)18-14-16(27)4-6-19(18)28/h4-9,14-15H,10-13H2,1-3H3,(H,30,33). The molecule has 0 aliphatic carbocycles. The zero-order valence-electron chi connectivity index (χ0n) is 19.7. The van der Waals surface area contributed by atoms with Gasteiger partial charge in [0.25, 0.3) is 5.91 Å². The Hall–Kier alpha value is -2.67. The molecule has 0 spiro atoms. The van der Waals surface area contributed by atoms with E-state index in [-0.39, 0.29) is 11.7 Å². The number of amides is 2. The number of anilines is 2. The summed E-state index contributed by atoms with van der Waals surface area (Å²) >= 11 is 18.8. The molecule has 0 radical (unpaired) electrons. The number of nitrogens with one attached hydrogen (secondary N) is 1. The fraction of sp³-hybridized carbons (Fsp3) is 0.308. The Balaban J connectivity index is 1.41. The van der Waals surface area contributed by atoms with Gasteiger partial charge in [-0.1, -0.05) is 55.6 Å². The molecule has 0 saturated carbocycles. The summed E-state index contributed by atoms with van der Waals surface area (Å²) in [6.07, 6.45) is 0. The third kappa shape index (κ3) is 5.77. The summed E-state index contributed by atoms with van der Waals surface area (Å²) in [7, 11) is 0. The van der Waals surface area contributed by atoms with Crippen LogP contribution in [0.1, 0.15) is 31.3 Å². The van der Waals surface area contributed by atoms with Crippen LogP contribution in [0.5, 0.6) is 0 Å². The highest BCUT2D eigenvalue weighted by Gasteiger charge is 2.30. The van der Waals surface area contributed by atoms with Gasteiger partial charge in [0.2, 0.25) is 5.91 Å². The van der Waals surface area contributed by atoms with Crippen molar-refractivity contribution in [1.29, 1.82) is 0 Å². The molecule has 1 aromatic heterocycles. The zero-order chi connectivity index (χ0) is 25.3. The third-order valence-corrected chi connectivity index (χ3v) is 6.65. The van der Waals surface area contributed by atoms with Crippen molar-refractivity contribution in [1.82, 2.24) is 4.90 Å². The van der Waals surface area contributed by atoms with Gasteiger partial charge in [-0.2, -0.15) is 0 Å². The Labute approximate surface area is 219 Å². The molecule has 0 atom stereocenters. The van der Waals surface area contributed by atoms with E-state index in [4.69, 9.17) is 39.2 Å². The Morgan fingerprint density at radius 1 is 0.886 bits per heavy atom. The van der Waals surface area contributed by atoms with Gasteiger partial charge in [0.15, 0.2) is 5.76 Å².